The van der Waals surface area contributed by atoms with Crippen LogP contribution in [0, 0.1) is 11.8 Å². The normalized spacial score (nSPS) is 12.8. The number of esters is 4. The zero-order valence-electron chi connectivity index (χ0n) is 38.4. The molecular formula is C49H93NO8. The Bertz CT molecular complexity index is 959. The van der Waals surface area contributed by atoms with E-state index in [0.717, 1.165) is 96.3 Å². The van der Waals surface area contributed by atoms with Crippen LogP contribution >= 0.6 is 0 Å². The highest BCUT2D eigenvalue weighted by molar-refractivity contribution is 5.77. The molecule has 0 aliphatic rings. The predicted molar refractivity (Wildman–Crippen MR) is 238 cm³/mol. The number of ether oxygens (including phenoxy) is 4. The Morgan fingerprint density at radius 2 is 0.621 bits per heavy atom. The van der Waals surface area contributed by atoms with E-state index in [2.05, 4.69) is 27.7 Å². The lowest BCUT2D eigenvalue weighted by Crippen LogP contribution is -2.33. The highest BCUT2D eigenvalue weighted by atomic mass is 16.5. The van der Waals surface area contributed by atoms with Crippen LogP contribution in [0.3, 0.4) is 0 Å². The number of carbonyl (C=O) groups is 4. The van der Waals surface area contributed by atoms with E-state index in [9.17, 15) is 19.2 Å². The van der Waals surface area contributed by atoms with Crippen molar-refractivity contribution in [3.05, 3.63) is 0 Å². The van der Waals surface area contributed by atoms with Gasteiger partial charge in [0.05, 0.1) is 38.3 Å². The van der Waals surface area contributed by atoms with Crippen LogP contribution in [0.1, 0.15) is 246 Å². The van der Waals surface area contributed by atoms with Crippen LogP contribution in [0.25, 0.3) is 0 Å². The molecule has 0 radical (unpaired) electrons. The van der Waals surface area contributed by atoms with Gasteiger partial charge in [0.15, 0.2) is 0 Å². The predicted octanol–water partition coefficient (Wildman–Crippen LogP) is 13.1. The molecule has 0 aromatic carbocycles. The summed E-state index contributed by atoms with van der Waals surface area (Å²) in [6, 6.07) is -0.859. The molecule has 0 bridgehead atoms. The zero-order chi connectivity index (χ0) is 42.7. The molecule has 2 N–H and O–H groups in total. The van der Waals surface area contributed by atoms with E-state index in [1.807, 2.05) is 0 Å². The Kier molecular flexibility index (Phi) is 41.3. The van der Waals surface area contributed by atoms with Gasteiger partial charge in [-0.15, -0.1) is 0 Å². The molecule has 2 unspecified atom stereocenters. The molecule has 0 aromatic rings. The number of hydrogen-bond acceptors (Lipinski definition) is 9. The third kappa shape index (κ3) is 35.8. The van der Waals surface area contributed by atoms with Gasteiger partial charge < -0.3 is 24.7 Å². The minimum atomic E-state index is -0.859. The summed E-state index contributed by atoms with van der Waals surface area (Å²) in [5.74, 6) is -0.862. The molecule has 0 aliphatic carbocycles. The molecule has 0 rings (SSSR count). The SMILES string of the molecule is CCCCCCCCC(CCCCCC)C(=O)OCCCCCCOC(=O)CC[C@H](N)C(=O)OCCCCCCOC(=O)C(CCCCCC)CCCCCCCC. The van der Waals surface area contributed by atoms with Crippen molar-refractivity contribution in [2.24, 2.45) is 17.6 Å². The van der Waals surface area contributed by atoms with Crippen molar-refractivity contribution in [1.82, 2.24) is 0 Å². The molecule has 58 heavy (non-hydrogen) atoms. The Hall–Kier alpha value is -2.16. The van der Waals surface area contributed by atoms with Gasteiger partial charge in [0.2, 0.25) is 0 Å². The molecule has 0 fully saturated rings. The fraction of sp³-hybridized carbons (Fsp3) is 0.918. The minimum Gasteiger partial charge on any atom is -0.466 e. The second-order valence-corrected chi connectivity index (χ2v) is 16.9. The third-order valence-corrected chi connectivity index (χ3v) is 11.3. The van der Waals surface area contributed by atoms with Gasteiger partial charge in [0.1, 0.15) is 6.04 Å². The molecule has 0 spiro atoms. The van der Waals surface area contributed by atoms with Gasteiger partial charge in [-0.1, -0.05) is 156 Å². The van der Waals surface area contributed by atoms with E-state index in [1.54, 1.807) is 0 Å². The summed E-state index contributed by atoms with van der Waals surface area (Å²) < 4.78 is 22.0. The van der Waals surface area contributed by atoms with E-state index in [1.165, 1.54) is 103 Å². The second-order valence-electron chi connectivity index (χ2n) is 16.9. The molecule has 0 aromatic heterocycles. The molecule has 9 nitrogen and oxygen atoms in total. The van der Waals surface area contributed by atoms with Gasteiger partial charge >= 0.3 is 23.9 Å². The van der Waals surface area contributed by atoms with Crippen molar-refractivity contribution in [1.29, 1.82) is 0 Å². The summed E-state index contributed by atoms with van der Waals surface area (Å²) in [7, 11) is 0. The van der Waals surface area contributed by atoms with Crippen LogP contribution in [0.15, 0.2) is 0 Å². The number of unbranched alkanes of at least 4 members (excludes halogenated alkanes) is 22. The van der Waals surface area contributed by atoms with Crippen molar-refractivity contribution >= 4 is 23.9 Å². The van der Waals surface area contributed by atoms with Crippen LogP contribution in [-0.2, 0) is 38.1 Å². The van der Waals surface area contributed by atoms with Crippen LogP contribution in [0.5, 0.6) is 0 Å². The molecule has 342 valence electrons. The topological polar surface area (TPSA) is 131 Å². The van der Waals surface area contributed by atoms with Gasteiger partial charge in [-0.25, -0.2) is 0 Å². The van der Waals surface area contributed by atoms with E-state index >= 15 is 0 Å². The second kappa shape index (κ2) is 42.9. The van der Waals surface area contributed by atoms with Gasteiger partial charge in [-0.3, -0.25) is 19.2 Å². The lowest BCUT2D eigenvalue weighted by molar-refractivity contribution is -0.150. The lowest BCUT2D eigenvalue weighted by atomic mass is 9.94. The summed E-state index contributed by atoms with van der Waals surface area (Å²) in [5.41, 5.74) is 5.98. The highest BCUT2D eigenvalue weighted by Crippen LogP contribution is 2.22. The third-order valence-electron chi connectivity index (χ3n) is 11.3. The first-order chi connectivity index (χ1) is 28.3. The van der Waals surface area contributed by atoms with Gasteiger partial charge in [-0.05, 0) is 83.5 Å². The van der Waals surface area contributed by atoms with Crippen molar-refractivity contribution in [3.63, 3.8) is 0 Å². The maximum Gasteiger partial charge on any atom is 0.322 e. The first kappa shape index (κ1) is 55.8. The monoisotopic (exact) mass is 824 g/mol. The zero-order valence-corrected chi connectivity index (χ0v) is 38.4. The van der Waals surface area contributed by atoms with E-state index in [4.69, 9.17) is 24.7 Å². The number of rotatable bonds is 44. The van der Waals surface area contributed by atoms with Crippen molar-refractivity contribution < 1.29 is 38.1 Å². The fourth-order valence-electron chi connectivity index (χ4n) is 7.36. The average Bonchev–Trinajstić information content (AvgIpc) is 3.22. The fourth-order valence-corrected chi connectivity index (χ4v) is 7.36. The van der Waals surface area contributed by atoms with Gasteiger partial charge in [-0.2, -0.15) is 0 Å². The molecule has 3 atom stereocenters. The largest absolute Gasteiger partial charge is 0.466 e. The standard InChI is InChI=1S/C49H93NO8/c1-5-9-13-17-19-27-35-43(33-25-15-11-7-3)47(52)56-40-30-22-21-29-39-55-46(51)38-37-45(50)49(54)58-42-32-24-23-31-41-57-48(53)44(34-26-16-12-8-4)36-28-20-18-14-10-6-2/h43-45H,5-42,50H2,1-4H3/t43?,44?,45-/m0/s1. The van der Waals surface area contributed by atoms with E-state index in [0.29, 0.717) is 26.2 Å². The Balaban J connectivity index is 4.02. The van der Waals surface area contributed by atoms with E-state index in [-0.39, 0.29) is 49.2 Å². The van der Waals surface area contributed by atoms with Crippen LogP contribution in [0.4, 0.5) is 0 Å². The minimum absolute atomic E-state index is 0.0245. The summed E-state index contributed by atoms with van der Waals surface area (Å²) in [5, 5.41) is 0. The summed E-state index contributed by atoms with van der Waals surface area (Å²) in [6.45, 7) is 10.4. The first-order valence-electron chi connectivity index (χ1n) is 24.7. The Morgan fingerprint density at radius 1 is 0.345 bits per heavy atom. The van der Waals surface area contributed by atoms with Crippen LogP contribution in [0.2, 0.25) is 0 Å². The van der Waals surface area contributed by atoms with Crippen molar-refractivity contribution in [2.45, 2.75) is 252 Å². The number of hydrogen-bond donors (Lipinski definition) is 1. The molecule has 0 amide bonds. The molecule has 9 heteroatoms. The van der Waals surface area contributed by atoms with Crippen molar-refractivity contribution in [2.75, 3.05) is 26.4 Å². The maximum absolute atomic E-state index is 12.8. The first-order valence-corrected chi connectivity index (χ1v) is 24.7. The van der Waals surface area contributed by atoms with Crippen LogP contribution < -0.4 is 5.73 Å². The lowest BCUT2D eigenvalue weighted by Gasteiger charge is -2.16. The Morgan fingerprint density at radius 3 is 0.983 bits per heavy atom. The maximum atomic E-state index is 12.8. The summed E-state index contributed by atoms with van der Waals surface area (Å²) in [4.78, 5) is 50.2. The molecule has 0 heterocycles. The highest BCUT2D eigenvalue weighted by Gasteiger charge is 2.21. The van der Waals surface area contributed by atoms with Gasteiger partial charge in [0.25, 0.3) is 0 Å². The quantitative estimate of drug-likeness (QED) is 0.0362. The smallest absolute Gasteiger partial charge is 0.322 e. The number of carbonyl (C=O) groups excluding carboxylic acids is 4. The Labute approximate surface area is 357 Å². The van der Waals surface area contributed by atoms with Gasteiger partial charge in [0, 0.05) is 6.42 Å². The molecule has 0 saturated carbocycles. The number of nitrogens with two attached hydrogens (primary N) is 1. The van der Waals surface area contributed by atoms with Crippen molar-refractivity contribution in [3.8, 4) is 0 Å². The molecule has 0 aliphatic heterocycles. The average molecular weight is 824 g/mol. The van der Waals surface area contributed by atoms with E-state index < -0.39 is 12.0 Å². The summed E-state index contributed by atoms with van der Waals surface area (Å²) in [6.07, 6.45) is 34.8. The summed E-state index contributed by atoms with van der Waals surface area (Å²) >= 11 is 0. The molecule has 0 saturated heterocycles. The van der Waals surface area contributed by atoms with Crippen LogP contribution in [-0.4, -0.2) is 56.3 Å². The molecular weight excluding hydrogens is 731 g/mol.